The zero-order valence-corrected chi connectivity index (χ0v) is 23.8. The SMILES string of the molecule is C=Cc1c(CCl)c(CCCCCC)c(CCCCCC)c(CCCCCC)c1Cc1ccccc1. The third-order valence-corrected chi connectivity index (χ3v) is 7.78. The van der Waals surface area contributed by atoms with Crippen LogP contribution in [0.5, 0.6) is 0 Å². The third kappa shape index (κ3) is 9.45. The first-order valence-corrected chi connectivity index (χ1v) is 15.2. The number of rotatable bonds is 19. The monoisotopic (exact) mass is 494 g/mol. The van der Waals surface area contributed by atoms with Gasteiger partial charge in [0.25, 0.3) is 0 Å². The van der Waals surface area contributed by atoms with Crippen molar-refractivity contribution >= 4 is 17.7 Å². The maximum absolute atomic E-state index is 6.74. The molecule has 0 heterocycles. The van der Waals surface area contributed by atoms with Gasteiger partial charge in [-0.05, 0) is 83.9 Å². The molecular formula is C34H51Cl. The van der Waals surface area contributed by atoms with Crippen LogP contribution in [0.15, 0.2) is 36.9 Å². The standard InChI is InChI=1S/C34H51Cl/c1-5-9-12-18-23-30-31(24-19-13-10-6-2)33(26-28-21-16-15-17-22-28)29(8-4)34(27-35)32(30)25-20-14-11-7-3/h8,15-17,21-22H,4-7,9-14,18-20,23-27H2,1-3H3. The Balaban J connectivity index is 2.61. The quantitative estimate of drug-likeness (QED) is 0.134. The Hall–Kier alpha value is -1.53. The minimum absolute atomic E-state index is 0.588. The Morgan fingerprint density at radius 2 is 1.06 bits per heavy atom. The lowest BCUT2D eigenvalue weighted by Crippen LogP contribution is -2.13. The summed E-state index contributed by atoms with van der Waals surface area (Å²) in [7, 11) is 0. The normalized spacial score (nSPS) is 11.2. The van der Waals surface area contributed by atoms with Gasteiger partial charge in [-0.25, -0.2) is 0 Å². The van der Waals surface area contributed by atoms with Crippen LogP contribution in [0.25, 0.3) is 6.08 Å². The second kappa shape index (κ2) is 17.8. The number of hydrogen-bond donors (Lipinski definition) is 0. The third-order valence-electron chi connectivity index (χ3n) is 7.51. The molecule has 2 rings (SSSR count). The van der Waals surface area contributed by atoms with Crippen molar-refractivity contribution in [1.82, 2.24) is 0 Å². The van der Waals surface area contributed by atoms with Crippen LogP contribution >= 0.6 is 11.6 Å². The predicted octanol–water partition coefficient (Wildman–Crippen LogP) is 11.0. The summed E-state index contributed by atoms with van der Waals surface area (Å²) in [6.45, 7) is 11.2. The van der Waals surface area contributed by atoms with Crippen molar-refractivity contribution in [3.05, 3.63) is 75.9 Å². The zero-order valence-electron chi connectivity index (χ0n) is 23.1. The highest BCUT2D eigenvalue weighted by Gasteiger charge is 2.21. The van der Waals surface area contributed by atoms with E-state index >= 15 is 0 Å². The van der Waals surface area contributed by atoms with Crippen molar-refractivity contribution in [3.8, 4) is 0 Å². The van der Waals surface area contributed by atoms with Crippen LogP contribution in [0, 0.1) is 0 Å². The van der Waals surface area contributed by atoms with Gasteiger partial charge < -0.3 is 0 Å². The first-order valence-electron chi connectivity index (χ1n) is 14.6. The van der Waals surface area contributed by atoms with Crippen molar-refractivity contribution in [1.29, 1.82) is 0 Å². The van der Waals surface area contributed by atoms with Crippen molar-refractivity contribution in [2.75, 3.05) is 0 Å². The number of halogens is 1. The summed E-state index contributed by atoms with van der Waals surface area (Å²) >= 11 is 6.74. The lowest BCUT2D eigenvalue weighted by molar-refractivity contribution is 0.636. The van der Waals surface area contributed by atoms with Gasteiger partial charge in [-0.3, -0.25) is 0 Å². The summed E-state index contributed by atoms with van der Waals surface area (Å²) < 4.78 is 0. The molecule has 0 unspecified atom stereocenters. The Morgan fingerprint density at radius 1 is 0.600 bits per heavy atom. The molecule has 35 heavy (non-hydrogen) atoms. The molecule has 0 aliphatic carbocycles. The van der Waals surface area contributed by atoms with Gasteiger partial charge in [0.1, 0.15) is 0 Å². The molecule has 0 spiro atoms. The van der Waals surface area contributed by atoms with Gasteiger partial charge in [0.2, 0.25) is 0 Å². The van der Waals surface area contributed by atoms with Crippen LogP contribution < -0.4 is 0 Å². The molecule has 2 aromatic carbocycles. The summed E-state index contributed by atoms with van der Waals surface area (Å²) in [5, 5.41) is 0. The molecule has 0 atom stereocenters. The molecule has 0 aliphatic heterocycles. The second-order valence-electron chi connectivity index (χ2n) is 10.2. The van der Waals surface area contributed by atoms with Gasteiger partial charge in [-0.1, -0.05) is 122 Å². The number of hydrogen-bond acceptors (Lipinski definition) is 0. The average molecular weight is 495 g/mol. The summed E-state index contributed by atoms with van der Waals surface area (Å²) in [5.41, 5.74) is 10.4. The summed E-state index contributed by atoms with van der Waals surface area (Å²) in [5.74, 6) is 0.588. The molecule has 0 aliphatic rings. The van der Waals surface area contributed by atoms with Gasteiger partial charge in [0.05, 0.1) is 0 Å². The van der Waals surface area contributed by atoms with Gasteiger partial charge in [0, 0.05) is 5.88 Å². The first kappa shape index (κ1) is 29.7. The van der Waals surface area contributed by atoms with E-state index in [1.54, 1.807) is 16.7 Å². The van der Waals surface area contributed by atoms with E-state index in [9.17, 15) is 0 Å². The maximum atomic E-state index is 6.74. The van der Waals surface area contributed by atoms with E-state index in [2.05, 4.69) is 63.8 Å². The first-order chi connectivity index (χ1) is 17.2. The minimum atomic E-state index is 0.588. The molecule has 0 saturated carbocycles. The van der Waals surface area contributed by atoms with E-state index < -0.39 is 0 Å². The van der Waals surface area contributed by atoms with Gasteiger partial charge >= 0.3 is 0 Å². The minimum Gasteiger partial charge on any atom is -0.122 e. The predicted molar refractivity (Wildman–Crippen MR) is 159 cm³/mol. The molecule has 0 N–H and O–H groups in total. The van der Waals surface area contributed by atoms with Crippen LogP contribution in [-0.2, 0) is 31.6 Å². The topological polar surface area (TPSA) is 0 Å². The lowest BCUT2D eigenvalue weighted by Gasteiger charge is -2.26. The lowest BCUT2D eigenvalue weighted by atomic mass is 9.79. The van der Waals surface area contributed by atoms with E-state index in [1.165, 1.54) is 119 Å². The van der Waals surface area contributed by atoms with Crippen molar-refractivity contribution in [2.45, 2.75) is 129 Å². The second-order valence-corrected chi connectivity index (χ2v) is 10.5. The summed E-state index contributed by atoms with van der Waals surface area (Å²) in [4.78, 5) is 0. The molecule has 0 saturated heterocycles. The van der Waals surface area contributed by atoms with E-state index in [0.29, 0.717) is 5.88 Å². The average Bonchev–Trinajstić information content (AvgIpc) is 2.88. The van der Waals surface area contributed by atoms with E-state index in [1.807, 2.05) is 0 Å². The Bertz CT molecular complexity index is 849. The van der Waals surface area contributed by atoms with Crippen molar-refractivity contribution in [3.63, 3.8) is 0 Å². The molecule has 0 bridgehead atoms. The van der Waals surface area contributed by atoms with E-state index in [4.69, 9.17) is 11.6 Å². The van der Waals surface area contributed by atoms with Crippen LogP contribution in [0.4, 0.5) is 0 Å². The smallest absolute Gasteiger partial charge is 0.0482 e. The maximum Gasteiger partial charge on any atom is 0.0482 e. The molecule has 194 valence electrons. The van der Waals surface area contributed by atoms with Crippen LogP contribution in [-0.4, -0.2) is 0 Å². The highest BCUT2D eigenvalue weighted by Crippen LogP contribution is 2.36. The molecule has 1 heteroatoms. The molecule has 0 nitrogen and oxygen atoms in total. The number of benzene rings is 2. The molecule has 0 amide bonds. The fraction of sp³-hybridized carbons (Fsp3) is 0.588. The fourth-order valence-electron chi connectivity index (χ4n) is 5.55. The Kier molecular flexibility index (Phi) is 15.1. The molecule has 0 radical (unpaired) electrons. The van der Waals surface area contributed by atoms with E-state index in [-0.39, 0.29) is 0 Å². The summed E-state index contributed by atoms with van der Waals surface area (Å²) in [6.07, 6.45) is 22.3. The van der Waals surface area contributed by atoms with E-state index in [0.717, 1.165) is 6.42 Å². The zero-order chi connectivity index (χ0) is 25.3. The van der Waals surface area contributed by atoms with Crippen LogP contribution in [0.3, 0.4) is 0 Å². The van der Waals surface area contributed by atoms with Crippen LogP contribution in [0.1, 0.15) is 137 Å². The summed E-state index contributed by atoms with van der Waals surface area (Å²) in [6, 6.07) is 11.0. The van der Waals surface area contributed by atoms with Crippen molar-refractivity contribution < 1.29 is 0 Å². The fourth-order valence-corrected chi connectivity index (χ4v) is 5.85. The van der Waals surface area contributed by atoms with Crippen molar-refractivity contribution in [2.24, 2.45) is 0 Å². The number of alkyl halides is 1. The Labute approximate surface area is 222 Å². The largest absolute Gasteiger partial charge is 0.122 e. The van der Waals surface area contributed by atoms with Gasteiger partial charge in [-0.15, -0.1) is 11.6 Å². The highest BCUT2D eigenvalue weighted by molar-refractivity contribution is 6.17. The Morgan fingerprint density at radius 3 is 1.49 bits per heavy atom. The molecule has 2 aromatic rings. The molecule has 0 fully saturated rings. The number of unbranched alkanes of at least 4 members (excludes halogenated alkanes) is 9. The molecule has 0 aromatic heterocycles. The molecular weight excluding hydrogens is 444 g/mol. The van der Waals surface area contributed by atoms with Gasteiger partial charge in [0.15, 0.2) is 0 Å². The van der Waals surface area contributed by atoms with Gasteiger partial charge in [-0.2, -0.15) is 0 Å². The van der Waals surface area contributed by atoms with Crippen LogP contribution in [0.2, 0.25) is 0 Å². The highest BCUT2D eigenvalue weighted by atomic mass is 35.5.